The van der Waals surface area contributed by atoms with E-state index in [-0.39, 0.29) is 6.10 Å². The zero-order chi connectivity index (χ0) is 11.1. The fraction of sp³-hybridized carbons (Fsp3) is 0.778. The lowest BCUT2D eigenvalue weighted by molar-refractivity contribution is -0.139. The molecule has 0 saturated carbocycles. The maximum absolute atomic E-state index is 11.2. The van der Waals surface area contributed by atoms with E-state index in [4.69, 9.17) is 16.3 Å². The molecule has 1 fully saturated rings. The summed E-state index contributed by atoms with van der Waals surface area (Å²) in [4.78, 5) is 22.3. The predicted molar refractivity (Wildman–Crippen MR) is 55.7 cm³/mol. The number of rotatable bonds is 4. The first-order valence-corrected chi connectivity index (χ1v) is 5.51. The molecular formula is C9H15ClN2O3. The second-order valence-corrected chi connectivity index (χ2v) is 3.67. The van der Waals surface area contributed by atoms with E-state index in [2.05, 4.69) is 10.6 Å². The van der Waals surface area contributed by atoms with Crippen molar-refractivity contribution in [1.29, 1.82) is 0 Å². The van der Waals surface area contributed by atoms with Crippen LogP contribution in [-0.2, 0) is 14.3 Å². The van der Waals surface area contributed by atoms with Crippen LogP contribution in [0.1, 0.15) is 12.8 Å². The van der Waals surface area contributed by atoms with E-state index < -0.39 is 11.8 Å². The third-order valence-electron chi connectivity index (χ3n) is 2.10. The molecular weight excluding hydrogens is 220 g/mol. The Kier molecular flexibility index (Phi) is 5.42. The van der Waals surface area contributed by atoms with Crippen molar-refractivity contribution in [2.45, 2.75) is 18.9 Å². The third kappa shape index (κ3) is 4.48. The summed E-state index contributed by atoms with van der Waals surface area (Å²) >= 11 is 5.36. The van der Waals surface area contributed by atoms with E-state index >= 15 is 0 Å². The van der Waals surface area contributed by atoms with Gasteiger partial charge in [0.25, 0.3) is 0 Å². The summed E-state index contributed by atoms with van der Waals surface area (Å²) in [6.45, 7) is 1.43. The van der Waals surface area contributed by atoms with E-state index in [9.17, 15) is 9.59 Å². The summed E-state index contributed by atoms with van der Waals surface area (Å²) < 4.78 is 5.30. The molecule has 86 valence electrons. The molecule has 1 atom stereocenters. The van der Waals surface area contributed by atoms with Crippen LogP contribution >= 0.6 is 11.6 Å². The highest BCUT2D eigenvalue weighted by atomic mass is 35.5. The van der Waals surface area contributed by atoms with Gasteiger partial charge in [0.2, 0.25) is 0 Å². The number of halogens is 1. The summed E-state index contributed by atoms with van der Waals surface area (Å²) in [6.07, 6.45) is 2.00. The standard InChI is InChI=1S/C9H15ClN2O3/c10-3-4-11-8(13)9(14)12-6-7-2-1-5-15-7/h7H,1-6H2,(H,11,13)(H,12,14). The molecule has 1 heterocycles. The van der Waals surface area contributed by atoms with Crippen LogP contribution in [0.15, 0.2) is 0 Å². The molecule has 1 rings (SSSR count). The number of carbonyl (C=O) groups is 2. The van der Waals surface area contributed by atoms with Gasteiger partial charge in [-0.1, -0.05) is 0 Å². The number of carbonyl (C=O) groups excluding carboxylic acids is 2. The van der Waals surface area contributed by atoms with Gasteiger partial charge in [-0.25, -0.2) is 0 Å². The van der Waals surface area contributed by atoms with Gasteiger partial charge in [-0.2, -0.15) is 0 Å². The topological polar surface area (TPSA) is 67.4 Å². The molecule has 5 nitrogen and oxygen atoms in total. The maximum Gasteiger partial charge on any atom is 0.309 e. The van der Waals surface area contributed by atoms with Gasteiger partial charge in [0, 0.05) is 25.6 Å². The molecule has 0 aliphatic carbocycles. The van der Waals surface area contributed by atoms with Crippen molar-refractivity contribution in [1.82, 2.24) is 10.6 Å². The van der Waals surface area contributed by atoms with E-state index in [1.165, 1.54) is 0 Å². The van der Waals surface area contributed by atoms with E-state index in [1.54, 1.807) is 0 Å². The van der Waals surface area contributed by atoms with Gasteiger partial charge in [0.1, 0.15) is 0 Å². The zero-order valence-corrected chi connectivity index (χ0v) is 9.18. The molecule has 0 bridgehead atoms. The molecule has 6 heteroatoms. The van der Waals surface area contributed by atoms with E-state index in [0.29, 0.717) is 19.0 Å². The highest BCUT2D eigenvalue weighted by molar-refractivity contribution is 6.35. The fourth-order valence-corrected chi connectivity index (χ4v) is 1.43. The summed E-state index contributed by atoms with van der Waals surface area (Å²) in [5, 5.41) is 4.90. The Morgan fingerprint density at radius 3 is 2.67 bits per heavy atom. The normalized spacial score (nSPS) is 19.9. The molecule has 0 aromatic carbocycles. The Morgan fingerprint density at radius 1 is 1.33 bits per heavy atom. The first-order valence-electron chi connectivity index (χ1n) is 4.97. The van der Waals surface area contributed by atoms with Crippen molar-refractivity contribution in [3.63, 3.8) is 0 Å². The first kappa shape index (κ1) is 12.3. The Balaban J connectivity index is 2.14. The van der Waals surface area contributed by atoms with Gasteiger partial charge in [-0.05, 0) is 12.8 Å². The molecule has 0 aromatic rings. The molecule has 1 saturated heterocycles. The van der Waals surface area contributed by atoms with Crippen molar-refractivity contribution < 1.29 is 14.3 Å². The molecule has 2 amide bonds. The molecule has 1 aliphatic rings. The van der Waals surface area contributed by atoms with Crippen LogP contribution < -0.4 is 10.6 Å². The molecule has 1 aliphatic heterocycles. The number of ether oxygens (including phenoxy) is 1. The lowest BCUT2D eigenvalue weighted by Crippen LogP contribution is -2.43. The minimum absolute atomic E-state index is 0.0507. The van der Waals surface area contributed by atoms with Crippen LogP contribution in [0, 0.1) is 0 Å². The van der Waals surface area contributed by atoms with Crippen LogP contribution in [0.25, 0.3) is 0 Å². The quantitative estimate of drug-likeness (QED) is 0.516. The molecule has 2 N–H and O–H groups in total. The average molecular weight is 235 g/mol. The zero-order valence-electron chi connectivity index (χ0n) is 8.42. The Morgan fingerprint density at radius 2 is 2.07 bits per heavy atom. The highest BCUT2D eigenvalue weighted by Crippen LogP contribution is 2.10. The van der Waals surface area contributed by atoms with Gasteiger partial charge in [-0.15, -0.1) is 11.6 Å². The smallest absolute Gasteiger partial charge is 0.309 e. The Labute approximate surface area is 93.5 Å². The largest absolute Gasteiger partial charge is 0.376 e. The first-order chi connectivity index (χ1) is 7.24. The predicted octanol–water partition coefficient (Wildman–Crippen LogP) is -0.363. The van der Waals surface area contributed by atoms with Crippen LogP contribution in [0.5, 0.6) is 0 Å². The summed E-state index contributed by atoms with van der Waals surface area (Å²) in [7, 11) is 0. The number of hydrogen-bond acceptors (Lipinski definition) is 3. The molecule has 0 aromatic heterocycles. The average Bonchev–Trinajstić information content (AvgIpc) is 2.75. The van der Waals surface area contributed by atoms with Crippen molar-refractivity contribution in [2.75, 3.05) is 25.6 Å². The van der Waals surface area contributed by atoms with Gasteiger partial charge in [0.15, 0.2) is 0 Å². The summed E-state index contributed by atoms with van der Waals surface area (Å²) in [5.74, 6) is -0.977. The molecule has 15 heavy (non-hydrogen) atoms. The fourth-order valence-electron chi connectivity index (χ4n) is 1.33. The maximum atomic E-state index is 11.2. The lowest BCUT2D eigenvalue weighted by atomic mass is 10.2. The van der Waals surface area contributed by atoms with Crippen LogP contribution in [0.4, 0.5) is 0 Å². The molecule has 0 radical (unpaired) electrons. The SMILES string of the molecule is O=C(NCCCl)C(=O)NCC1CCCO1. The van der Waals surface area contributed by atoms with Crippen LogP contribution in [0.2, 0.25) is 0 Å². The van der Waals surface area contributed by atoms with E-state index in [1.807, 2.05) is 0 Å². The third-order valence-corrected chi connectivity index (χ3v) is 2.29. The summed E-state index contributed by atoms with van der Waals surface area (Å²) in [5.41, 5.74) is 0. The second kappa shape index (κ2) is 6.63. The highest BCUT2D eigenvalue weighted by Gasteiger charge is 2.18. The number of amides is 2. The monoisotopic (exact) mass is 234 g/mol. The number of hydrogen-bond donors (Lipinski definition) is 2. The minimum Gasteiger partial charge on any atom is -0.376 e. The number of alkyl halides is 1. The van der Waals surface area contributed by atoms with Gasteiger partial charge < -0.3 is 15.4 Å². The van der Waals surface area contributed by atoms with Gasteiger partial charge >= 0.3 is 11.8 Å². The van der Waals surface area contributed by atoms with Crippen LogP contribution in [-0.4, -0.2) is 43.5 Å². The van der Waals surface area contributed by atoms with Crippen LogP contribution in [0.3, 0.4) is 0 Å². The lowest BCUT2D eigenvalue weighted by Gasteiger charge is -2.10. The molecule has 0 spiro atoms. The van der Waals surface area contributed by atoms with Crippen molar-refractivity contribution in [3.8, 4) is 0 Å². The molecule has 1 unspecified atom stereocenters. The Hall–Kier alpha value is -0.810. The van der Waals surface area contributed by atoms with Gasteiger partial charge in [-0.3, -0.25) is 9.59 Å². The second-order valence-electron chi connectivity index (χ2n) is 3.29. The van der Waals surface area contributed by atoms with Gasteiger partial charge in [0.05, 0.1) is 6.10 Å². The van der Waals surface area contributed by atoms with Crippen molar-refractivity contribution >= 4 is 23.4 Å². The minimum atomic E-state index is -0.645. The Bertz CT molecular complexity index is 229. The van der Waals surface area contributed by atoms with Crippen molar-refractivity contribution in [3.05, 3.63) is 0 Å². The van der Waals surface area contributed by atoms with Crippen molar-refractivity contribution in [2.24, 2.45) is 0 Å². The summed E-state index contributed by atoms with van der Waals surface area (Å²) in [6, 6.07) is 0. The number of nitrogens with one attached hydrogen (secondary N) is 2. The van der Waals surface area contributed by atoms with E-state index in [0.717, 1.165) is 19.4 Å².